The van der Waals surface area contributed by atoms with Crippen molar-refractivity contribution >= 4 is 5.91 Å². The fourth-order valence-electron chi connectivity index (χ4n) is 2.35. The van der Waals surface area contributed by atoms with Gasteiger partial charge in [0.25, 0.3) is 0 Å². The van der Waals surface area contributed by atoms with Crippen LogP contribution in [0.2, 0.25) is 0 Å². The Hall–Kier alpha value is -0.650. The Kier molecular flexibility index (Phi) is 6.23. The van der Waals surface area contributed by atoms with Crippen molar-refractivity contribution in [3.8, 4) is 0 Å². The van der Waals surface area contributed by atoms with Crippen molar-refractivity contribution in [3.05, 3.63) is 0 Å². The average Bonchev–Trinajstić information content (AvgIpc) is 3.13. The number of methoxy groups -OCH3 is 1. The highest BCUT2D eigenvalue weighted by Gasteiger charge is 2.37. The van der Waals surface area contributed by atoms with Crippen LogP contribution in [0.1, 0.15) is 40.0 Å². The molecule has 1 fully saturated rings. The summed E-state index contributed by atoms with van der Waals surface area (Å²) in [7, 11) is 1.71. The van der Waals surface area contributed by atoms with Gasteiger partial charge in [0.1, 0.15) is 0 Å². The van der Waals surface area contributed by atoms with Gasteiger partial charge in [-0.2, -0.15) is 0 Å². The van der Waals surface area contributed by atoms with Crippen LogP contribution >= 0.6 is 0 Å². The van der Waals surface area contributed by atoms with Crippen LogP contribution in [0, 0.1) is 0 Å². The number of hydrogen-bond acceptors (Lipinski definition) is 4. The second-order valence-corrected chi connectivity index (χ2v) is 5.80. The molecule has 1 saturated carbocycles. The minimum Gasteiger partial charge on any atom is -0.383 e. The first kappa shape index (κ1) is 16.4. The van der Waals surface area contributed by atoms with Crippen molar-refractivity contribution in [2.24, 2.45) is 5.73 Å². The van der Waals surface area contributed by atoms with Crippen LogP contribution in [-0.2, 0) is 9.53 Å². The van der Waals surface area contributed by atoms with E-state index in [1.807, 2.05) is 6.92 Å². The van der Waals surface area contributed by atoms with Gasteiger partial charge in [0.15, 0.2) is 0 Å². The molecule has 2 unspecified atom stereocenters. The third-order valence-electron chi connectivity index (χ3n) is 3.98. The molecule has 0 spiro atoms. The number of carbonyl (C=O) groups is 1. The maximum atomic E-state index is 11.7. The summed E-state index contributed by atoms with van der Waals surface area (Å²) in [5, 5.41) is 3.38. The molecule has 0 saturated heterocycles. The third-order valence-corrected chi connectivity index (χ3v) is 3.98. The lowest BCUT2D eigenvalue weighted by atomic mass is 9.96. The van der Waals surface area contributed by atoms with Gasteiger partial charge in [0.05, 0.1) is 12.1 Å². The standard InChI is InChI=1S/C14H29N3O2/c1-5-17(11(2)10-19-4)9-8-14(3,13(15)18)16-12-6-7-12/h11-12,16H,5-10H2,1-4H3,(H2,15,18). The summed E-state index contributed by atoms with van der Waals surface area (Å²) in [6.45, 7) is 8.69. The number of nitrogens with zero attached hydrogens (tertiary/aromatic N) is 1. The van der Waals surface area contributed by atoms with E-state index in [9.17, 15) is 4.79 Å². The Morgan fingerprint density at radius 3 is 2.63 bits per heavy atom. The Balaban J connectivity index is 2.51. The molecule has 5 heteroatoms. The zero-order valence-corrected chi connectivity index (χ0v) is 12.7. The average molecular weight is 271 g/mol. The third kappa shape index (κ3) is 5.09. The molecule has 112 valence electrons. The maximum absolute atomic E-state index is 11.7. The van der Waals surface area contributed by atoms with Gasteiger partial charge in [0.2, 0.25) is 5.91 Å². The summed E-state index contributed by atoms with van der Waals surface area (Å²) < 4.78 is 5.19. The number of hydrogen-bond donors (Lipinski definition) is 2. The zero-order valence-electron chi connectivity index (χ0n) is 12.7. The number of nitrogens with one attached hydrogen (secondary N) is 1. The Morgan fingerprint density at radius 2 is 2.21 bits per heavy atom. The second-order valence-electron chi connectivity index (χ2n) is 5.80. The van der Waals surface area contributed by atoms with Gasteiger partial charge < -0.3 is 15.8 Å². The number of amides is 1. The van der Waals surface area contributed by atoms with E-state index in [0.29, 0.717) is 18.7 Å². The van der Waals surface area contributed by atoms with E-state index in [2.05, 4.69) is 24.1 Å². The fraction of sp³-hybridized carbons (Fsp3) is 0.929. The number of likely N-dealkylation sites (N-methyl/N-ethyl adjacent to an activating group) is 1. The molecule has 0 aromatic heterocycles. The number of primary amides is 1. The molecule has 0 radical (unpaired) electrons. The summed E-state index contributed by atoms with van der Waals surface area (Å²) in [5.41, 5.74) is 4.97. The Morgan fingerprint density at radius 1 is 1.58 bits per heavy atom. The molecule has 0 aliphatic heterocycles. The minimum atomic E-state index is -0.596. The van der Waals surface area contributed by atoms with Gasteiger partial charge in [-0.1, -0.05) is 6.92 Å². The van der Waals surface area contributed by atoms with E-state index in [0.717, 1.165) is 32.4 Å². The molecule has 5 nitrogen and oxygen atoms in total. The predicted molar refractivity (Wildman–Crippen MR) is 77.0 cm³/mol. The highest BCUT2D eigenvalue weighted by Crippen LogP contribution is 2.24. The molecule has 1 rings (SSSR count). The van der Waals surface area contributed by atoms with Gasteiger partial charge in [-0.25, -0.2) is 0 Å². The summed E-state index contributed by atoms with van der Waals surface area (Å²) in [4.78, 5) is 14.0. The first-order valence-corrected chi connectivity index (χ1v) is 7.23. The van der Waals surface area contributed by atoms with Crippen LogP contribution in [0.3, 0.4) is 0 Å². The summed E-state index contributed by atoms with van der Waals surface area (Å²) in [6, 6.07) is 0.831. The van der Waals surface area contributed by atoms with Gasteiger partial charge >= 0.3 is 0 Å². The molecule has 1 aliphatic rings. The summed E-state index contributed by atoms with van der Waals surface area (Å²) in [5.74, 6) is -0.255. The van der Waals surface area contributed by atoms with Crippen molar-refractivity contribution in [2.45, 2.75) is 57.7 Å². The smallest absolute Gasteiger partial charge is 0.237 e. The van der Waals surface area contributed by atoms with Crippen LogP contribution in [0.15, 0.2) is 0 Å². The van der Waals surface area contributed by atoms with E-state index in [4.69, 9.17) is 10.5 Å². The predicted octanol–water partition coefficient (Wildman–Crippen LogP) is 0.729. The van der Waals surface area contributed by atoms with Crippen LogP contribution in [0.4, 0.5) is 0 Å². The second kappa shape index (κ2) is 7.22. The first-order chi connectivity index (χ1) is 8.92. The number of ether oxygens (including phenoxy) is 1. The SMILES string of the molecule is CCN(CCC(C)(NC1CC1)C(N)=O)C(C)COC. The van der Waals surface area contributed by atoms with Crippen molar-refractivity contribution in [1.29, 1.82) is 0 Å². The van der Waals surface area contributed by atoms with E-state index < -0.39 is 5.54 Å². The minimum absolute atomic E-state index is 0.255. The first-order valence-electron chi connectivity index (χ1n) is 7.23. The van der Waals surface area contributed by atoms with Crippen LogP contribution in [-0.4, -0.2) is 55.2 Å². The maximum Gasteiger partial charge on any atom is 0.237 e. The number of nitrogens with two attached hydrogens (primary N) is 1. The van der Waals surface area contributed by atoms with Crippen LogP contribution < -0.4 is 11.1 Å². The topological polar surface area (TPSA) is 67.6 Å². The lowest BCUT2D eigenvalue weighted by Gasteiger charge is -2.33. The molecule has 2 atom stereocenters. The van der Waals surface area contributed by atoms with Crippen LogP contribution in [0.25, 0.3) is 0 Å². The van der Waals surface area contributed by atoms with E-state index in [-0.39, 0.29) is 5.91 Å². The highest BCUT2D eigenvalue weighted by atomic mass is 16.5. The summed E-state index contributed by atoms with van der Waals surface area (Å²) >= 11 is 0. The number of rotatable bonds is 10. The van der Waals surface area contributed by atoms with Crippen molar-refractivity contribution in [1.82, 2.24) is 10.2 Å². The molecule has 0 aromatic carbocycles. The molecule has 19 heavy (non-hydrogen) atoms. The van der Waals surface area contributed by atoms with Gasteiger partial charge in [-0.05, 0) is 39.7 Å². The normalized spacial score (nSPS) is 20.3. The van der Waals surface area contributed by atoms with Crippen molar-refractivity contribution in [3.63, 3.8) is 0 Å². The van der Waals surface area contributed by atoms with E-state index >= 15 is 0 Å². The van der Waals surface area contributed by atoms with E-state index in [1.54, 1.807) is 7.11 Å². The number of carbonyl (C=O) groups excluding carboxylic acids is 1. The molecular weight excluding hydrogens is 242 g/mol. The molecule has 1 amide bonds. The lowest BCUT2D eigenvalue weighted by molar-refractivity contribution is -0.124. The monoisotopic (exact) mass is 271 g/mol. The highest BCUT2D eigenvalue weighted by molar-refractivity contribution is 5.84. The fourth-order valence-corrected chi connectivity index (χ4v) is 2.35. The van der Waals surface area contributed by atoms with E-state index in [1.165, 1.54) is 0 Å². The summed E-state index contributed by atoms with van der Waals surface area (Å²) in [6.07, 6.45) is 3.04. The molecule has 0 bridgehead atoms. The zero-order chi connectivity index (χ0) is 14.5. The Labute approximate surface area is 116 Å². The quantitative estimate of drug-likeness (QED) is 0.615. The Bertz CT molecular complexity index is 294. The van der Waals surface area contributed by atoms with Gasteiger partial charge in [-0.15, -0.1) is 0 Å². The van der Waals surface area contributed by atoms with Gasteiger partial charge in [0, 0.05) is 25.7 Å². The molecule has 0 heterocycles. The van der Waals surface area contributed by atoms with Crippen LogP contribution in [0.5, 0.6) is 0 Å². The molecule has 1 aliphatic carbocycles. The van der Waals surface area contributed by atoms with Crippen molar-refractivity contribution in [2.75, 3.05) is 26.8 Å². The van der Waals surface area contributed by atoms with Gasteiger partial charge in [-0.3, -0.25) is 9.69 Å². The van der Waals surface area contributed by atoms with Crippen molar-refractivity contribution < 1.29 is 9.53 Å². The lowest BCUT2D eigenvalue weighted by Crippen LogP contribution is -2.56. The molecular formula is C14H29N3O2. The molecule has 3 N–H and O–H groups in total. The molecule has 0 aromatic rings. The largest absolute Gasteiger partial charge is 0.383 e.